The molecule has 3 fully saturated rings. The van der Waals surface area contributed by atoms with E-state index in [-0.39, 0.29) is 40.7 Å². The van der Waals surface area contributed by atoms with Gasteiger partial charge in [-0.25, -0.2) is 9.78 Å². The van der Waals surface area contributed by atoms with E-state index in [0.29, 0.717) is 28.6 Å². The van der Waals surface area contributed by atoms with Gasteiger partial charge >= 0.3 is 5.97 Å². The molecule has 1 aromatic carbocycles. The van der Waals surface area contributed by atoms with Gasteiger partial charge in [0.15, 0.2) is 22.8 Å². The van der Waals surface area contributed by atoms with Gasteiger partial charge in [0.25, 0.3) is 0 Å². The van der Waals surface area contributed by atoms with Crippen LogP contribution in [0.2, 0.25) is 5.28 Å². The van der Waals surface area contributed by atoms with Gasteiger partial charge in [-0.15, -0.1) is 11.8 Å². The van der Waals surface area contributed by atoms with Crippen molar-refractivity contribution in [2.24, 2.45) is 0 Å². The van der Waals surface area contributed by atoms with E-state index in [1.165, 1.54) is 12.8 Å². The second-order valence-electron chi connectivity index (χ2n) is 9.89. The average molecular weight is 530 g/mol. The molecule has 3 aliphatic rings. The van der Waals surface area contributed by atoms with Crippen molar-refractivity contribution in [3.63, 3.8) is 0 Å². The number of carbonyl (C=O) groups is 1. The molecule has 1 N–H and O–H groups in total. The molecule has 0 radical (unpaired) electrons. The maximum absolute atomic E-state index is 12.6. The third kappa shape index (κ3) is 4.55. The molecule has 0 unspecified atom stereocenters. The molecule has 0 spiro atoms. The highest BCUT2D eigenvalue weighted by Gasteiger charge is 2.56. The Hall–Kier alpha value is -2.40. The molecule has 3 aromatic rings. The van der Waals surface area contributed by atoms with Gasteiger partial charge in [-0.2, -0.15) is 9.97 Å². The lowest BCUT2D eigenvalue weighted by Crippen LogP contribution is -2.32. The first-order chi connectivity index (χ1) is 17.4. The summed E-state index contributed by atoms with van der Waals surface area (Å²) in [6, 6.07) is 9.35. The number of carbonyl (C=O) groups excluding carboxylic acids is 1. The molecule has 36 heavy (non-hydrogen) atoms. The van der Waals surface area contributed by atoms with Crippen molar-refractivity contribution in [2.45, 2.75) is 74.2 Å². The number of benzene rings is 1. The number of fused-ring (bicyclic) bond motifs is 2. The number of rotatable bonds is 6. The highest BCUT2D eigenvalue weighted by Crippen LogP contribution is 2.51. The predicted octanol–water partition coefficient (Wildman–Crippen LogP) is 4.83. The first-order valence-electron chi connectivity index (χ1n) is 12.3. The number of imidazole rings is 1. The largest absolute Gasteiger partial charge is 0.461 e. The van der Waals surface area contributed by atoms with Gasteiger partial charge < -0.3 is 19.5 Å². The summed E-state index contributed by atoms with van der Waals surface area (Å²) >= 11 is 7.98. The number of ether oxygens (including phenoxy) is 3. The number of nitrogens with one attached hydrogen (secondary N) is 1. The van der Waals surface area contributed by atoms with Crippen molar-refractivity contribution >= 4 is 46.3 Å². The van der Waals surface area contributed by atoms with E-state index in [0.717, 1.165) is 12.8 Å². The number of hydrogen-bond acceptors (Lipinski definition) is 9. The molecule has 190 valence electrons. The number of halogens is 1. The van der Waals surface area contributed by atoms with E-state index in [2.05, 4.69) is 20.3 Å². The van der Waals surface area contributed by atoms with Crippen molar-refractivity contribution in [3.05, 3.63) is 47.5 Å². The molecular weight excluding hydrogens is 502 g/mol. The maximum atomic E-state index is 12.6. The summed E-state index contributed by atoms with van der Waals surface area (Å²) in [4.78, 5) is 26.2. The smallest absolute Gasteiger partial charge is 0.338 e. The highest BCUT2D eigenvalue weighted by molar-refractivity contribution is 8.00. The second kappa shape index (κ2) is 9.48. The van der Waals surface area contributed by atoms with Crippen molar-refractivity contribution in [1.82, 2.24) is 19.5 Å². The topological polar surface area (TPSA) is 100 Å². The molecule has 2 aromatic heterocycles. The SMILES string of the molecule is CC1(C)O[C@@H]2[C@H](O1)[C@@H](COC(=O)c1ccccc1)S[C@H]2n1cnc2c(NC3CCCC3)nc(Cl)nc21. The fraction of sp³-hybridized carbons (Fsp3) is 0.520. The lowest BCUT2D eigenvalue weighted by molar-refractivity contribution is -0.149. The van der Waals surface area contributed by atoms with Crippen LogP contribution in [-0.4, -0.2) is 61.4 Å². The number of nitrogens with zero attached hydrogens (tertiary/aromatic N) is 4. The molecule has 1 aliphatic carbocycles. The van der Waals surface area contributed by atoms with E-state index < -0.39 is 5.79 Å². The van der Waals surface area contributed by atoms with E-state index >= 15 is 0 Å². The molecule has 2 saturated heterocycles. The van der Waals surface area contributed by atoms with Crippen LogP contribution in [0.3, 0.4) is 0 Å². The van der Waals surface area contributed by atoms with E-state index in [4.69, 9.17) is 25.8 Å². The number of hydrogen-bond donors (Lipinski definition) is 1. The van der Waals surface area contributed by atoms with Gasteiger partial charge in [0.05, 0.1) is 17.1 Å². The van der Waals surface area contributed by atoms with E-state index in [1.54, 1.807) is 30.2 Å². The van der Waals surface area contributed by atoms with Crippen LogP contribution >= 0.6 is 23.4 Å². The number of anilines is 1. The van der Waals surface area contributed by atoms with Crippen molar-refractivity contribution in [1.29, 1.82) is 0 Å². The normalized spacial score (nSPS) is 27.4. The zero-order valence-electron chi connectivity index (χ0n) is 20.1. The summed E-state index contributed by atoms with van der Waals surface area (Å²) in [5, 5.41) is 3.37. The molecule has 1 saturated carbocycles. The molecule has 0 bridgehead atoms. The average Bonchev–Trinajstić information content (AvgIpc) is 3.63. The van der Waals surface area contributed by atoms with Crippen LogP contribution in [0.5, 0.6) is 0 Å². The van der Waals surface area contributed by atoms with Gasteiger partial charge in [0.2, 0.25) is 5.28 Å². The van der Waals surface area contributed by atoms with Crippen LogP contribution in [0.15, 0.2) is 36.7 Å². The van der Waals surface area contributed by atoms with E-state index in [1.807, 2.05) is 36.6 Å². The lowest BCUT2D eigenvalue weighted by atomic mass is 10.1. The van der Waals surface area contributed by atoms with Crippen molar-refractivity contribution in [3.8, 4) is 0 Å². The Bertz CT molecular complexity index is 1270. The van der Waals surface area contributed by atoms with Gasteiger partial charge in [0.1, 0.15) is 24.2 Å². The van der Waals surface area contributed by atoms with Gasteiger partial charge in [-0.3, -0.25) is 4.57 Å². The zero-order valence-corrected chi connectivity index (χ0v) is 21.7. The second-order valence-corrected chi connectivity index (χ2v) is 11.6. The number of aromatic nitrogens is 4. The van der Waals surface area contributed by atoms with Crippen LogP contribution in [0, 0.1) is 0 Å². The van der Waals surface area contributed by atoms with Crippen LogP contribution in [0.25, 0.3) is 11.2 Å². The fourth-order valence-electron chi connectivity index (χ4n) is 5.27. The Labute approximate surface area is 218 Å². The summed E-state index contributed by atoms with van der Waals surface area (Å²) < 4.78 is 20.2. The summed E-state index contributed by atoms with van der Waals surface area (Å²) in [7, 11) is 0. The first kappa shape index (κ1) is 24.0. The fourth-order valence-corrected chi connectivity index (χ4v) is 6.96. The molecule has 2 aliphatic heterocycles. The molecule has 9 nitrogen and oxygen atoms in total. The highest BCUT2D eigenvalue weighted by atomic mass is 35.5. The standard InChI is InChI=1S/C25H28ClN5O4S/c1-25(2)34-18-16(12-33-23(32)14-8-4-3-5-9-14)36-22(19(18)35-25)31-13-27-17-20(28-15-10-6-7-11-15)29-24(26)30-21(17)31/h3-5,8-9,13,15-16,18-19,22H,6-7,10-12H2,1-2H3,(H,28,29,30)/t16-,18-,19-,22-/m1/s1. The third-order valence-corrected chi connectivity index (χ3v) is 8.57. The quantitative estimate of drug-likeness (QED) is 0.355. The lowest BCUT2D eigenvalue weighted by Gasteiger charge is -2.24. The summed E-state index contributed by atoms with van der Waals surface area (Å²) in [5.41, 5.74) is 1.84. The summed E-state index contributed by atoms with van der Waals surface area (Å²) in [6.45, 7) is 4.00. The monoisotopic (exact) mass is 529 g/mol. The summed E-state index contributed by atoms with van der Waals surface area (Å²) in [6.07, 6.45) is 5.85. The Morgan fingerprint density at radius 3 is 2.72 bits per heavy atom. The molecule has 6 rings (SSSR count). The molecule has 0 amide bonds. The van der Waals surface area contributed by atoms with Crippen LogP contribution < -0.4 is 5.32 Å². The zero-order chi connectivity index (χ0) is 24.9. The Morgan fingerprint density at radius 2 is 1.94 bits per heavy atom. The third-order valence-electron chi connectivity index (χ3n) is 6.88. The number of thioether (sulfide) groups is 1. The maximum Gasteiger partial charge on any atom is 0.338 e. The summed E-state index contributed by atoms with van der Waals surface area (Å²) in [5.74, 6) is -0.453. The van der Waals surface area contributed by atoms with Gasteiger partial charge in [-0.1, -0.05) is 31.0 Å². The van der Waals surface area contributed by atoms with E-state index in [9.17, 15) is 4.79 Å². The molecule has 4 heterocycles. The van der Waals surface area contributed by atoms with Gasteiger partial charge in [-0.05, 0) is 50.4 Å². The van der Waals surface area contributed by atoms with Crippen LogP contribution in [0.4, 0.5) is 5.82 Å². The minimum atomic E-state index is -0.756. The minimum absolute atomic E-state index is 0.125. The van der Waals surface area contributed by atoms with Gasteiger partial charge in [0, 0.05) is 6.04 Å². The Balaban J connectivity index is 1.27. The van der Waals surface area contributed by atoms with Crippen molar-refractivity contribution in [2.75, 3.05) is 11.9 Å². The molecule has 11 heteroatoms. The number of esters is 1. The minimum Gasteiger partial charge on any atom is -0.461 e. The van der Waals surface area contributed by atoms with Crippen LogP contribution in [0.1, 0.15) is 55.3 Å². The molecular formula is C25H28ClN5O4S. The Morgan fingerprint density at radius 1 is 1.19 bits per heavy atom. The Kier molecular flexibility index (Phi) is 6.31. The van der Waals surface area contributed by atoms with Crippen LogP contribution in [-0.2, 0) is 14.2 Å². The predicted molar refractivity (Wildman–Crippen MR) is 137 cm³/mol. The first-order valence-corrected chi connectivity index (χ1v) is 13.6. The van der Waals surface area contributed by atoms with Crippen molar-refractivity contribution < 1.29 is 19.0 Å². The molecule has 4 atom stereocenters.